The summed E-state index contributed by atoms with van der Waals surface area (Å²) in [5, 5.41) is 12.0. The van der Waals surface area contributed by atoms with Gasteiger partial charge in [0.1, 0.15) is 0 Å². The molecule has 37 heavy (non-hydrogen) atoms. The molecule has 14 heteroatoms. The molecule has 0 atom stereocenters. The first kappa shape index (κ1) is 32.7. The van der Waals surface area contributed by atoms with Crippen molar-refractivity contribution in [2.45, 2.75) is 94.1 Å². The molecule has 0 aliphatic heterocycles. The standard InChI is InChI=1S/C23H28F11NO2/c24-19(25,20(26,27)21(28,29)22(30,31)23(32,33)34)14-8-6-4-2-1-3-5-7-9-15-35-17-12-10-16(11-13-17)18(36)37/h10-13,35H,1-9,14-15H2,(H,36,37). The predicted molar refractivity (Wildman–Crippen MR) is 114 cm³/mol. The average molecular weight is 559 g/mol. The molecule has 0 fully saturated rings. The van der Waals surface area contributed by atoms with Crippen molar-refractivity contribution < 1.29 is 58.2 Å². The lowest BCUT2D eigenvalue weighted by Gasteiger charge is -2.37. The van der Waals surface area contributed by atoms with Crippen molar-refractivity contribution in [1.29, 1.82) is 0 Å². The fraction of sp³-hybridized carbons (Fsp3) is 0.696. The zero-order valence-electron chi connectivity index (χ0n) is 19.6. The Morgan fingerprint density at radius 2 is 1.05 bits per heavy atom. The summed E-state index contributed by atoms with van der Waals surface area (Å²) in [4.78, 5) is 10.8. The Morgan fingerprint density at radius 1 is 0.622 bits per heavy atom. The smallest absolute Gasteiger partial charge is 0.460 e. The molecule has 0 aromatic heterocycles. The zero-order valence-corrected chi connectivity index (χ0v) is 19.6. The zero-order chi connectivity index (χ0) is 28.5. The molecular formula is C23H28F11NO2. The number of carbonyl (C=O) groups is 1. The topological polar surface area (TPSA) is 49.3 Å². The van der Waals surface area contributed by atoms with Crippen molar-refractivity contribution in [2.24, 2.45) is 0 Å². The largest absolute Gasteiger partial charge is 0.478 e. The second-order valence-electron chi connectivity index (χ2n) is 8.67. The monoisotopic (exact) mass is 559 g/mol. The van der Waals surface area contributed by atoms with Gasteiger partial charge in [0.2, 0.25) is 0 Å². The van der Waals surface area contributed by atoms with Crippen molar-refractivity contribution in [3.05, 3.63) is 29.8 Å². The van der Waals surface area contributed by atoms with Gasteiger partial charge in [-0.15, -0.1) is 0 Å². The number of benzene rings is 1. The van der Waals surface area contributed by atoms with Crippen LogP contribution in [0.3, 0.4) is 0 Å². The van der Waals surface area contributed by atoms with E-state index in [0.29, 0.717) is 19.4 Å². The summed E-state index contributed by atoms with van der Waals surface area (Å²) in [5.74, 6) is -28.4. The minimum Gasteiger partial charge on any atom is -0.478 e. The molecule has 0 bridgehead atoms. The summed E-state index contributed by atoms with van der Waals surface area (Å²) < 4.78 is 142. The molecule has 0 aliphatic rings. The van der Waals surface area contributed by atoms with Crippen LogP contribution in [0, 0.1) is 0 Å². The lowest BCUT2D eigenvalue weighted by atomic mass is 9.94. The summed E-state index contributed by atoms with van der Waals surface area (Å²) >= 11 is 0. The van der Waals surface area contributed by atoms with E-state index >= 15 is 0 Å². The number of rotatable bonds is 17. The molecule has 2 N–H and O–H groups in total. The SMILES string of the molecule is O=C(O)c1ccc(NCCCCCCCCCCCC(F)(F)C(F)(F)C(F)(F)C(F)(F)C(F)(F)F)cc1. The van der Waals surface area contributed by atoms with Crippen molar-refractivity contribution in [3.8, 4) is 0 Å². The fourth-order valence-electron chi connectivity index (χ4n) is 3.43. The molecule has 1 rings (SSSR count). The highest BCUT2D eigenvalue weighted by atomic mass is 19.4. The Balaban J connectivity index is 2.23. The second kappa shape index (κ2) is 13.0. The van der Waals surface area contributed by atoms with Gasteiger partial charge in [0.25, 0.3) is 0 Å². The summed E-state index contributed by atoms with van der Waals surface area (Å²) in [5.41, 5.74) is 0.940. The van der Waals surface area contributed by atoms with E-state index in [1.165, 1.54) is 12.1 Å². The number of hydrogen-bond donors (Lipinski definition) is 2. The van der Waals surface area contributed by atoms with Crippen LogP contribution in [0.25, 0.3) is 0 Å². The van der Waals surface area contributed by atoms with Crippen molar-refractivity contribution in [3.63, 3.8) is 0 Å². The van der Waals surface area contributed by atoms with E-state index in [9.17, 15) is 53.1 Å². The maximum Gasteiger partial charge on any atom is 0.460 e. The van der Waals surface area contributed by atoms with Gasteiger partial charge in [-0.3, -0.25) is 0 Å². The van der Waals surface area contributed by atoms with Crippen molar-refractivity contribution in [2.75, 3.05) is 11.9 Å². The van der Waals surface area contributed by atoms with E-state index in [1.807, 2.05) is 0 Å². The maximum atomic E-state index is 13.6. The first-order chi connectivity index (χ1) is 16.9. The molecule has 1 aromatic rings. The van der Waals surface area contributed by atoms with E-state index in [0.717, 1.165) is 31.4 Å². The lowest BCUT2D eigenvalue weighted by Crippen LogP contribution is -2.66. The van der Waals surface area contributed by atoms with Crippen molar-refractivity contribution in [1.82, 2.24) is 0 Å². The third-order valence-electron chi connectivity index (χ3n) is 5.73. The normalized spacial score (nSPS) is 13.6. The van der Waals surface area contributed by atoms with Crippen LogP contribution in [0.5, 0.6) is 0 Å². The number of hydrogen-bond acceptors (Lipinski definition) is 2. The second-order valence-corrected chi connectivity index (χ2v) is 8.67. The lowest BCUT2D eigenvalue weighted by molar-refractivity contribution is -0.422. The van der Waals surface area contributed by atoms with Gasteiger partial charge >= 0.3 is 35.8 Å². The van der Waals surface area contributed by atoms with Gasteiger partial charge in [-0.05, 0) is 37.1 Å². The first-order valence-electron chi connectivity index (χ1n) is 11.5. The van der Waals surface area contributed by atoms with Gasteiger partial charge in [-0.2, -0.15) is 48.3 Å². The molecule has 0 unspecified atom stereocenters. The van der Waals surface area contributed by atoms with Gasteiger partial charge in [0, 0.05) is 18.7 Å². The van der Waals surface area contributed by atoms with Crippen LogP contribution in [-0.2, 0) is 0 Å². The molecule has 3 nitrogen and oxygen atoms in total. The molecule has 0 spiro atoms. The Morgan fingerprint density at radius 3 is 1.49 bits per heavy atom. The Hall–Kier alpha value is -2.28. The Kier molecular flexibility index (Phi) is 11.5. The minimum absolute atomic E-state index is 0.114. The predicted octanol–water partition coefficient (Wildman–Crippen LogP) is 8.80. The van der Waals surface area contributed by atoms with E-state index in [-0.39, 0.29) is 18.4 Å². The van der Waals surface area contributed by atoms with E-state index in [2.05, 4.69) is 5.32 Å². The average Bonchev–Trinajstić information content (AvgIpc) is 2.78. The quantitative estimate of drug-likeness (QED) is 0.148. The summed E-state index contributed by atoms with van der Waals surface area (Å²) in [6.07, 6.45) is -5.21. The van der Waals surface area contributed by atoms with Crippen LogP contribution < -0.4 is 5.32 Å². The fourth-order valence-corrected chi connectivity index (χ4v) is 3.43. The molecular weight excluding hydrogens is 531 g/mol. The third-order valence-corrected chi connectivity index (χ3v) is 5.73. The van der Waals surface area contributed by atoms with Crippen LogP contribution in [-0.4, -0.2) is 47.5 Å². The third kappa shape index (κ3) is 8.36. The minimum atomic E-state index is -7.34. The van der Waals surface area contributed by atoms with Crippen LogP contribution in [0.1, 0.15) is 74.6 Å². The van der Waals surface area contributed by atoms with Crippen LogP contribution in [0.2, 0.25) is 0 Å². The highest BCUT2D eigenvalue weighted by Crippen LogP contribution is 2.58. The number of aromatic carboxylic acids is 1. The summed E-state index contributed by atoms with van der Waals surface area (Å²) in [6, 6.07) is 6.23. The van der Waals surface area contributed by atoms with Gasteiger partial charge in [0.05, 0.1) is 5.56 Å². The van der Waals surface area contributed by atoms with E-state index in [1.54, 1.807) is 12.1 Å². The molecule has 0 saturated carbocycles. The molecule has 1 aromatic carbocycles. The molecule has 0 radical (unpaired) electrons. The van der Waals surface area contributed by atoms with E-state index < -0.39 is 48.7 Å². The van der Waals surface area contributed by atoms with Gasteiger partial charge < -0.3 is 10.4 Å². The van der Waals surface area contributed by atoms with Crippen molar-refractivity contribution >= 4 is 11.7 Å². The number of nitrogens with one attached hydrogen (secondary N) is 1. The molecule has 0 heterocycles. The Labute approximate surface area is 206 Å². The van der Waals surface area contributed by atoms with Crippen LogP contribution in [0.15, 0.2) is 24.3 Å². The molecule has 0 saturated heterocycles. The number of anilines is 1. The van der Waals surface area contributed by atoms with Crippen LogP contribution >= 0.6 is 0 Å². The number of halogens is 11. The number of carboxylic acids is 1. The Bertz CT molecular complexity index is 840. The highest BCUT2D eigenvalue weighted by Gasteiger charge is 2.86. The maximum absolute atomic E-state index is 13.6. The van der Waals surface area contributed by atoms with E-state index in [4.69, 9.17) is 5.11 Å². The molecule has 0 amide bonds. The number of unbranched alkanes of at least 4 members (excludes halogenated alkanes) is 8. The van der Waals surface area contributed by atoms with Crippen LogP contribution in [0.4, 0.5) is 54.0 Å². The summed E-state index contributed by atoms with van der Waals surface area (Å²) in [7, 11) is 0. The van der Waals surface area contributed by atoms with Gasteiger partial charge in [0.15, 0.2) is 0 Å². The van der Waals surface area contributed by atoms with Gasteiger partial charge in [-0.1, -0.05) is 44.9 Å². The number of alkyl halides is 11. The summed E-state index contributed by atoms with van der Waals surface area (Å²) in [6.45, 7) is 0.652. The molecule has 0 aliphatic carbocycles. The van der Waals surface area contributed by atoms with Gasteiger partial charge in [-0.25, -0.2) is 4.79 Å². The first-order valence-corrected chi connectivity index (χ1v) is 11.5. The number of carboxylic acid groups (broad SMARTS) is 1. The molecule has 214 valence electrons. The highest BCUT2D eigenvalue weighted by molar-refractivity contribution is 5.87.